The zero-order valence-electron chi connectivity index (χ0n) is 5.91. The van der Waals surface area contributed by atoms with Crippen molar-refractivity contribution < 1.29 is 4.79 Å². The largest absolute Gasteiger partial charge is 0.340 e. The quantitative estimate of drug-likeness (QED) is 0.688. The van der Waals surface area contributed by atoms with E-state index in [0.717, 1.165) is 12.1 Å². The van der Waals surface area contributed by atoms with Crippen LogP contribution >= 0.6 is 12.4 Å². The van der Waals surface area contributed by atoms with Gasteiger partial charge in [-0.05, 0) is 12.8 Å². The number of hydrogen-bond acceptors (Lipinski definition) is 2. The lowest BCUT2D eigenvalue weighted by atomic mass is 10.4. The Bertz CT molecular complexity index is 255. The van der Waals surface area contributed by atoms with Crippen molar-refractivity contribution in [2.45, 2.75) is 18.8 Å². The van der Waals surface area contributed by atoms with Crippen LogP contribution in [0.4, 0.5) is 0 Å². The molecule has 2 rings (SSSR count). The molecule has 11 heavy (non-hydrogen) atoms. The molecule has 1 N–H and O–H groups in total. The predicted octanol–water partition coefficient (Wildman–Crippen LogP) is 1.52. The first kappa shape index (κ1) is 8.27. The minimum atomic E-state index is 0. The number of nitrogens with zero attached hydrogens (tertiary/aromatic N) is 1. The molecule has 1 saturated carbocycles. The van der Waals surface area contributed by atoms with Crippen LogP contribution in [0.1, 0.15) is 35.1 Å². The van der Waals surface area contributed by atoms with E-state index in [4.69, 9.17) is 0 Å². The van der Waals surface area contributed by atoms with Gasteiger partial charge in [0.15, 0.2) is 6.29 Å². The van der Waals surface area contributed by atoms with Gasteiger partial charge in [-0.15, -0.1) is 12.4 Å². The molecule has 1 aliphatic rings. The molecule has 1 heterocycles. The van der Waals surface area contributed by atoms with E-state index < -0.39 is 0 Å². The molecule has 1 fully saturated rings. The van der Waals surface area contributed by atoms with Crippen LogP contribution in [0.25, 0.3) is 0 Å². The number of imidazole rings is 1. The molecule has 0 atom stereocenters. The molecule has 0 aliphatic heterocycles. The van der Waals surface area contributed by atoms with Crippen LogP contribution in [0.2, 0.25) is 0 Å². The highest BCUT2D eigenvalue weighted by Gasteiger charge is 2.26. The zero-order chi connectivity index (χ0) is 6.97. The molecule has 60 valence electrons. The summed E-state index contributed by atoms with van der Waals surface area (Å²) in [5.41, 5.74) is 0.585. The lowest BCUT2D eigenvalue weighted by Crippen LogP contribution is -1.82. The highest BCUT2D eigenvalue weighted by molar-refractivity contribution is 5.85. The van der Waals surface area contributed by atoms with Gasteiger partial charge < -0.3 is 4.98 Å². The number of rotatable bonds is 2. The summed E-state index contributed by atoms with van der Waals surface area (Å²) >= 11 is 0. The Morgan fingerprint density at radius 1 is 1.64 bits per heavy atom. The maximum Gasteiger partial charge on any atom is 0.167 e. The number of carbonyl (C=O) groups is 1. The van der Waals surface area contributed by atoms with E-state index in [1.54, 1.807) is 6.20 Å². The van der Waals surface area contributed by atoms with Gasteiger partial charge >= 0.3 is 0 Å². The van der Waals surface area contributed by atoms with E-state index in [9.17, 15) is 4.79 Å². The fraction of sp³-hybridized carbons (Fsp3) is 0.429. The normalized spacial score (nSPS) is 15.6. The Kier molecular flexibility index (Phi) is 2.29. The first-order valence-corrected chi connectivity index (χ1v) is 3.40. The van der Waals surface area contributed by atoms with Crippen molar-refractivity contribution >= 4 is 18.7 Å². The van der Waals surface area contributed by atoms with E-state index in [1.165, 1.54) is 12.8 Å². The van der Waals surface area contributed by atoms with Crippen molar-refractivity contribution in [2.75, 3.05) is 0 Å². The second-order valence-corrected chi connectivity index (χ2v) is 2.62. The second-order valence-electron chi connectivity index (χ2n) is 2.62. The second kappa shape index (κ2) is 3.05. The standard InChI is InChI=1S/C7H8N2O.ClH/c10-4-6-3-8-7(9-6)5-1-2-5;/h3-5H,1-2H2,(H,8,9);1H. The third-order valence-electron chi connectivity index (χ3n) is 1.71. The predicted molar refractivity (Wildman–Crippen MR) is 43.2 cm³/mol. The first-order valence-electron chi connectivity index (χ1n) is 3.40. The number of H-pyrrole nitrogens is 1. The topological polar surface area (TPSA) is 45.8 Å². The maximum absolute atomic E-state index is 10.2. The summed E-state index contributed by atoms with van der Waals surface area (Å²) in [5, 5.41) is 0. The number of halogens is 1. The maximum atomic E-state index is 10.2. The Hall–Kier alpha value is -0.830. The SMILES string of the molecule is Cl.O=Cc1cnc(C2CC2)[nH]1. The van der Waals surface area contributed by atoms with Crippen molar-refractivity contribution in [1.29, 1.82) is 0 Å². The average molecular weight is 173 g/mol. The summed E-state index contributed by atoms with van der Waals surface area (Å²) in [4.78, 5) is 17.2. The van der Waals surface area contributed by atoms with Gasteiger partial charge in [-0.25, -0.2) is 4.98 Å². The monoisotopic (exact) mass is 172 g/mol. The molecule has 1 aromatic heterocycles. The minimum absolute atomic E-state index is 0. The number of aromatic nitrogens is 2. The lowest BCUT2D eigenvalue weighted by Gasteiger charge is -1.84. The molecule has 0 saturated heterocycles. The molecule has 3 nitrogen and oxygen atoms in total. The van der Waals surface area contributed by atoms with Gasteiger partial charge in [-0.1, -0.05) is 0 Å². The molecule has 0 spiro atoms. The van der Waals surface area contributed by atoms with Gasteiger partial charge in [-0.3, -0.25) is 4.79 Å². The summed E-state index contributed by atoms with van der Waals surface area (Å²) in [6, 6.07) is 0. The van der Waals surface area contributed by atoms with Gasteiger partial charge in [0.2, 0.25) is 0 Å². The Balaban J connectivity index is 0.000000605. The van der Waals surface area contributed by atoms with Crippen molar-refractivity contribution in [1.82, 2.24) is 9.97 Å². The molecule has 0 radical (unpaired) electrons. The summed E-state index contributed by atoms with van der Waals surface area (Å²) in [7, 11) is 0. The van der Waals surface area contributed by atoms with Gasteiger partial charge in [0, 0.05) is 5.92 Å². The third-order valence-corrected chi connectivity index (χ3v) is 1.71. The third kappa shape index (κ3) is 1.60. The van der Waals surface area contributed by atoms with Crippen molar-refractivity contribution in [3.8, 4) is 0 Å². The van der Waals surface area contributed by atoms with Crippen molar-refractivity contribution in [3.63, 3.8) is 0 Å². The van der Waals surface area contributed by atoms with Crippen molar-refractivity contribution in [2.24, 2.45) is 0 Å². The molecule has 1 aliphatic carbocycles. The van der Waals surface area contributed by atoms with Crippen LogP contribution in [-0.4, -0.2) is 16.3 Å². The van der Waals surface area contributed by atoms with E-state index in [1.807, 2.05) is 0 Å². The van der Waals surface area contributed by atoms with Crippen LogP contribution in [0.15, 0.2) is 6.20 Å². The van der Waals surface area contributed by atoms with Gasteiger partial charge in [0.05, 0.1) is 11.9 Å². The molecule has 4 heteroatoms. The Morgan fingerprint density at radius 2 is 2.36 bits per heavy atom. The van der Waals surface area contributed by atoms with Gasteiger partial charge in [-0.2, -0.15) is 0 Å². The summed E-state index contributed by atoms with van der Waals surface area (Å²) in [6.45, 7) is 0. The Morgan fingerprint density at radius 3 is 2.82 bits per heavy atom. The van der Waals surface area contributed by atoms with Gasteiger partial charge in [0.1, 0.15) is 5.82 Å². The number of aldehydes is 1. The summed E-state index contributed by atoms with van der Waals surface area (Å²) < 4.78 is 0. The molecular weight excluding hydrogens is 164 g/mol. The van der Waals surface area contributed by atoms with Crippen LogP contribution in [0, 0.1) is 0 Å². The fourth-order valence-corrected chi connectivity index (χ4v) is 0.976. The van der Waals surface area contributed by atoms with E-state index in [-0.39, 0.29) is 12.4 Å². The molecule has 0 aromatic carbocycles. The fourth-order valence-electron chi connectivity index (χ4n) is 0.976. The molecule has 0 bridgehead atoms. The average Bonchev–Trinajstić information content (AvgIpc) is 2.70. The lowest BCUT2D eigenvalue weighted by molar-refractivity contribution is 0.111. The number of hydrogen-bond donors (Lipinski definition) is 1. The van der Waals surface area contributed by atoms with Crippen molar-refractivity contribution in [3.05, 3.63) is 17.7 Å². The zero-order valence-corrected chi connectivity index (χ0v) is 6.73. The van der Waals surface area contributed by atoms with Crippen LogP contribution < -0.4 is 0 Å². The summed E-state index contributed by atoms with van der Waals surface area (Å²) in [5.74, 6) is 1.58. The molecule has 1 aromatic rings. The smallest absolute Gasteiger partial charge is 0.167 e. The van der Waals surface area contributed by atoms with E-state index in [0.29, 0.717) is 11.6 Å². The number of nitrogens with one attached hydrogen (secondary N) is 1. The number of aromatic amines is 1. The van der Waals surface area contributed by atoms with Crippen LogP contribution in [0.5, 0.6) is 0 Å². The van der Waals surface area contributed by atoms with E-state index >= 15 is 0 Å². The van der Waals surface area contributed by atoms with Crippen LogP contribution in [0.3, 0.4) is 0 Å². The highest BCUT2D eigenvalue weighted by atomic mass is 35.5. The minimum Gasteiger partial charge on any atom is -0.340 e. The van der Waals surface area contributed by atoms with Gasteiger partial charge in [0.25, 0.3) is 0 Å². The molecule has 0 unspecified atom stereocenters. The Labute approximate surface area is 70.6 Å². The van der Waals surface area contributed by atoms with Crippen LogP contribution in [-0.2, 0) is 0 Å². The molecule has 0 amide bonds. The van der Waals surface area contributed by atoms with E-state index in [2.05, 4.69) is 9.97 Å². The highest BCUT2D eigenvalue weighted by Crippen LogP contribution is 2.37. The molecular formula is C7H9ClN2O. The summed E-state index contributed by atoms with van der Waals surface area (Å²) in [6.07, 6.45) is 4.80. The number of carbonyl (C=O) groups excluding carboxylic acids is 1. The first-order chi connectivity index (χ1) is 4.90.